The number of piperazine rings is 1. The number of nitrogens with zero attached hydrogens (tertiary/aromatic N) is 4. The minimum absolute atomic E-state index is 0.238. The Labute approximate surface area is 246 Å². The largest absolute Gasteiger partial charge is 0.598 e. The van der Waals surface area contributed by atoms with E-state index in [9.17, 15) is 14.4 Å². The van der Waals surface area contributed by atoms with Crippen molar-refractivity contribution in [2.75, 3.05) is 87.6 Å². The summed E-state index contributed by atoms with van der Waals surface area (Å²) in [7, 11) is 0.828. The Bertz CT molecular complexity index is 1350. The second-order valence-electron chi connectivity index (χ2n) is 10.6. The minimum Gasteiger partial charge on any atom is -0.598 e. The van der Waals surface area contributed by atoms with Gasteiger partial charge in [0.25, 0.3) is 0 Å². The first kappa shape index (κ1) is 31.0. The zero-order valence-corrected chi connectivity index (χ0v) is 25.9. The first-order valence-electron chi connectivity index (χ1n) is 13.3. The Hall–Kier alpha value is -2.90. The summed E-state index contributed by atoms with van der Waals surface area (Å²) < 4.78 is 39.9. The summed E-state index contributed by atoms with van der Waals surface area (Å²) in [5.41, 5.74) is 3.00. The predicted molar refractivity (Wildman–Crippen MR) is 169 cm³/mol. The van der Waals surface area contributed by atoms with Crippen LogP contribution in [0.1, 0.15) is 11.1 Å². The molecule has 3 heterocycles. The van der Waals surface area contributed by atoms with Gasteiger partial charge in [0.2, 0.25) is 5.95 Å². The molecule has 41 heavy (non-hydrogen) atoms. The first-order valence-corrected chi connectivity index (χ1v) is 17.8. The molecule has 0 spiro atoms. The lowest BCUT2D eigenvalue weighted by Gasteiger charge is -2.34. The molecule has 1 aliphatic rings. The fourth-order valence-electron chi connectivity index (χ4n) is 4.50. The smallest absolute Gasteiger partial charge is 0.224 e. The zero-order valence-electron chi connectivity index (χ0n) is 24.3. The fraction of sp³-hybridized carbons (Fsp3) is 0.414. The summed E-state index contributed by atoms with van der Waals surface area (Å²) in [5, 5.41) is 12.5. The fourth-order valence-corrected chi connectivity index (χ4v) is 5.79. The van der Waals surface area contributed by atoms with E-state index in [1.807, 2.05) is 16.4 Å². The monoisotopic (exact) mass is 602 g/mol. The first-order chi connectivity index (χ1) is 19.6. The van der Waals surface area contributed by atoms with E-state index in [4.69, 9.17) is 9.47 Å². The van der Waals surface area contributed by atoms with E-state index < -0.39 is 27.3 Å². The van der Waals surface area contributed by atoms with E-state index in [0.29, 0.717) is 60.9 Å². The van der Waals surface area contributed by atoms with Crippen LogP contribution in [0.5, 0.6) is 5.75 Å². The highest BCUT2D eigenvalue weighted by molar-refractivity contribution is 8.32. The maximum Gasteiger partial charge on any atom is 0.224 e. The molecule has 1 fully saturated rings. The van der Waals surface area contributed by atoms with Gasteiger partial charge >= 0.3 is 0 Å². The van der Waals surface area contributed by atoms with Crippen LogP contribution in [0.3, 0.4) is 0 Å². The maximum atomic E-state index is 14.9. The molecule has 0 saturated carbocycles. The zero-order chi connectivity index (χ0) is 29.6. The van der Waals surface area contributed by atoms with Crippen LogP contribution in [0.2, 0.25) is 0 Å². The Morgan fingerprint density at radius 1 is 1.10 bits per heavy atom. The van der Waals surface area contributed by atoms with Crippen LogP contribution in [-0.2, 0) is 16.1 Å². The van der Waals surface area contributed by atoms with Gasteiger partial charge in [0.1, 0.15) is 24.6 Å². The highest BCUT2D eigenvalue weighted by Gasteiger charge is 2.24. The summed E-state index contributed by atoms with van der Waals surface area (Å²) in [4.78, 5) is 10.5. The molecule has 2 aromatic heterocycles. The van der Waals surface area contributed by atoms with E-state index in [1.54, 1.807) is 36.7 Å². The van der Waals surface area contributed by atoms with Gasteiger partial charge in [-0.2, -0.15) is 4.39 Å². The predicted octanol–water partition coefficient (Wildman–Crippen LogP) is 4.20. The molecule has 12 heteroatoms. The lowest BCUT2D eigenvalue weighted by Crippen LogP contribution is -2.48. The van der Waals surface area contributed by atoms with Crippen LogP contribution < -0.4 is 15.0 Å². The molecule has 0 amide bonds. The number of hydrogen-bond acceptors (Lipinski definition) is 9. The third-order valence-electron chi connectivity index (χ3n) is 6.83. The van der Waals surface area contributed by atoms with Gasteiger partial charge in [-0.25, -0.2) is 20.0 Å². The number of halogens is 1. The second kappa shape index (κ2) is 13.8. The number of anilines is 2. The quantitative estimate of drug-likeness (QED) is 0.104. The van der Waals surface area contributed by atoms with Gasteiger partial charge in [0.15, 0.2) is 0 Å². The van der Waals surface area contributed by atoms with Gasteiger partial charge in [-0.05, 0) is 54.7 Å². The van der Waals surface area contributed by atoms with Gasteiger partial charge in [0, 0.05) is 59.4 Å². The van der Waals surface area contributed by atoms with Crippen molar-refractivity contribution in [1.82, 2.24) is 14.3 Å². The molecule has 222 valence electrons. The Kier molecular flexibility index (Phi) is 10.5. The van der Waals surface area contributed by atoms with Gasteiger partial charge < -0.3 is 24.2 Å². The number of methoxy groups -OCH3 is 1. The van der Waals surface area contributed by atoms with Crippen LogP contribution in [0.4, 0.5) is 15.9 Å². The molecule has 1 aliphatic heterocycles. The number of nitrogens with one attached hydrogen (secondary N) is 2. The molecule has 0 bridgehead atoms. The normalized spacial score (nSPS) is 15.4. The van der Waals surface area contributed by atoms with E-state index in [0.717, 1.165) is 11.6 Å². The van der Waals surface area contributed by atoms with Gasteiger partial charge in [0.05, 0.1) is 38.1 Å². The van der Waals surface area contributed by atoms with Crippen molar-refractivity contribution in [2.45, 2.75) is 0 Å². The molecular weight excluding hydrogens is 563 g/mol. The van der Waals surface area contributed by atoms with E-state index in [1.165, 1.54) is 13.3 Å². The van der Waals surface area contributed by atoms with Crippen LogP contribution in [0.15, 0.2) is 48.8 Å². The number of ether oxygens (including phenoxy) is 2. The maximum absolute atomic E-state index is 14.9. The molecule has 3 aromatic rings. The molecular formula is C29H39FN6O3S2. The molecule has 1 saturated heterocycles. The Morgan fingerprint density at radius 2 is 1.83 bits per heavy atom. The highest BCUT2D eigenvalue weighted by Crippen LogP contribution is 2.35. The summed E-state index contributed by atoms with van der Waals surface area (Å²) >= 11 is -0.998. The van der Waals surface area contributed by atoms with Crippen molar-refractivity contribution >= 4 is 38.6 Å². The average molecular weight is 603 g/mol. The molecule has 1 aromatic carbocycles. The molecule has 1 atom stereocenters. The van der Waals surface area contributed by atoms with Crippen molar-refractivity contribution < 1.29 is 18.4 Å². The molecule has 0 aliphatic carbocycles. The van der Waals surface area contributed by atoms with Crippen LogP contribution >= 0.6 is 10.0 Å². The van der Waals surface area contributed by atoms with Crippen molar-refractivity contribution in [2.24, 2.45) is 0 Å². The topological polar surface area (TPSA) is 110 Å². The molecule has 2 N–H and O–H groups in total. The Morgan fingerprint density at radius 3 is 2.51 bits per heavy atom. The van der Waals surface area contributed by atoms with E-state index in [-0.39, 0.29) is 18.0 Å². The van der Waals surface area contributed by atoms with Gasteiger partial charge in [-0.3, -0.25) is 5.41 Å². The number of rotatable bonds is 12. The van der Waals surface area contributed by atoms with Gasteiger partial charge in [-0.1, -0.05) is 6.07 Å². The molecule has 9 nitrogen and oxygen atoms in total. The second-order valence-corrected chi connectivity index (χ2v) is 16.5. The SMILES string of the molecule is COc1ccnc(F)c1-c1ccc(NCOCCS(C)(C)C)c(C(=N)c2ccnc(N3CCN([S+](C)[O-])CC3)c2)c1. The van der Waals surface area contributed by atoms with Crippen molar-refractivity contribution in [1.29, 1.82) is 5.41 Å². The lowest BCUT2D eigenvalue weighted by atomic mass is 9.96. The molecule has 1 unspecified atom stereocenters. The lowest BCUT2D eigenvalue weighted by molar-refractivity contribution is 0.169. The summed E-state index contributed by atoms with van der Waals surface area (Å²) in [5.74, 6) is 1.47. The minimum atomic E-state index is -0.998. The third kappa shape index (κ3) is 8.10. The van der Waals surface area contributed by atoms with Crippen LogP contribution in [-0.4, -0.2) is 102 Å². The average Bonchev–Trinajstić information content (AvgIpc) is 2.96. The summed E-state index contributed by atoms with van der Waals surface area (Å²) in [6.45, 7) is 3.67. The highest BCUT2D eigenvalue weighted by atomic mass is 32.3. The third-order valence-corrected chi connectivity index (χ3v) is 9.31. The van der Waals surface area contributed by atoms with Crippen LogP contribution in [0.25, 0.3) is 11.1 Å². The van der Waals surface area contributed by atoms with Gasteiger partial charge in [-0.15, -0.1) is 4.31 Å². The van der Waals surface area contributed by atoms with Crippen molar-refractivity contribution in [3.8, 4) is 16.9 Å². The van der Waals surface area contributed by atoms with Crippen LogP contribution in [0, 0.1) is 11.4 Å². The Balaban J connectivity index is 1.63. The van der Waals surface area contributed by atoms with Crippen molar-refractivity contribution in [3.05, 3.63) is 65.9 Å². The molecule has 4 rings (SSSR count). The number of hydrogen-bond donors (Lipinski definition) is 2. The summed E-state index contributed by atoms with van der Waals surface area (Å²) in [6, 6.07) is 10.7. The standard InChI is InChI=1S/C29H39FN6O3S2/c1-38-25-9-11-33-29(30)27(25)21-6-7-24(34-20-39-16-17-41(3,4)5)23(18-21)28(31)22-8-10-32-26(19-22)35-12-14-36(15-13-35)40(2)37/h6-11,18-19,31,34H,12-17,20H2,1-5H3. The van der Waals surface area contributed by atoms with Crippen molar-refractivity contribution in [3.63, 3.8) is 0 Å². The summed E-state index contributed by atoms with van der Waals surface area (Å²) in [6.07, 6.45) is 11.5. The van der Waals surface area contributed by atoms with E-state index in [2.05, 4.69) is 39.0 Å². The number of aromatic nitrogens is 2. The molecule has 0 radical (unpaired) electrons. The van der Waals surface area contributed by atoms with E-state index >= 15 is 0 Å². The number of benzene rings is 1. The number of pyridine rings is 2.